The van der Waals surface area contributed by atoms with Crippen LogP contribution >= 0.6 is 0 Å². The van der Waals surface area contributed by atoms with Crippen LogP contribution in [0.3, 0.4) is 0 Å². The zero-order chi connectivity index (χ0) is 9.19. The van der Waals surface area contributed by atoms with Crippen molar-refractivity contribution in [3.05, 3.63) is 0 Å². The van der Waals surface area contributed by atoms with Gasteiger partial charge in [-0.1, -0.05) is 20.3 Å². The Labute approximate surface area is 75.3 Å². The molecule has 0 aromatic heterocycles. The van der Waals surface area contributed by atoms with E-state index in [1.165, 1.54) is 0 Å². The molecule has 2 atom stereocenters. The first kappa shape index (κ1) is 10.0. The fourth-order valence-corrected chi connectivity index (χ4v) is 4.34. The molecule has 0 aromatic rings. The van der Waals surface area contributed by atoms with Gasteiger partial charge in [0.1, 0.15) is 0 Å². The first-order valence-corrected chi connectivity index (χ1v) is 6.51. The predicted molar refractivity (Wildman–Crippen MR) is 50.9 cm³/mol. The van der Waals surface area contributed by atoms with Crippen molar-refractivity contribution in [2.45, 2.75) is 44.8 Å². The van der Waals surface area contributed by atoms with Gasteiger partial charge in [-0.3, -0.25) is 0 Å². The molecule has 0 spiro atoms. The molecule has 1 fully saturated rings. The van der Waals surface area contributed by atoms with E-state index in [0.29, 0.717) is 11.7 Å². The predicted octanol–water partition coefficient (Wildman–Crippen LogP) is 2.00. The second-order valence-corrected chi connectivity index (χ2v) is 6.15. The van der Waals surface area contributed by atoms with Gasteiger partial charge in [-0.05, 0) is 25.2 Å². The van der Waals surface area contributed by atoms with Crippen LogP contribution in [0.1, 0.15) is 39.5 Å². The third kappa shape index (κ3) is 2.00. The minimum absolute atomic E-state index is 0.0301. The van der Waals surface area contributed by atoms with Crippen molar-refractivity contribution in [3.63, 3.8) is 0 Å². The Morgan fingerprint density at radius 2 is 2.17 bits per heavy atom. The quantitative estimate of drug-likeness (QED) is 0.682. The summed E-state index contributed by atoms with van der Waals surface area (Å²) in [7, 11) is -2.71. The number of hydrogen-bond donors (Lipinski definition) is 0. The van der Waals surface area contributed by atoms with Crippen LogP contribution in [0.2, 0.25) is 0 Å². The standard InChI is InChI=1S/C9H18O2S/c1-3-5-8(2)9-6-4-7-12(9,10)11/h8-9H,3-7H2,1-2H3. The van der Waals surface area contributed by atoms with E-state index in [2.05, 4.69) is 13.8 Å². The molecule has 0 aliphatic carbocycles. The molecule has 1 aliphatic rings. The second kappa shape index (κ2) is 3.77. The summed E-state index contributed by atoms with van der Waals surface area (Å²) in [6.07, 6.45) is 3.90. The summed E-state index contributed by atoms with van der Waals surface area (Å²) < 4.78 is 23.0. The Bertz CT molecular complexity index is 231. The normalized spacial score (nSPS) is 30.3. The molecule has 72 valence electrons. The van der Waals surface area contributed by atoms with Crippen molar-refractivity contribution in [2.24, 2.45) is 5.92 Å². The molecular formula is C9H18O2S. The van der Waals surface area contributed by atoms with Crippen LogP contribution in [0.4, 0.5) is 0 Å². The van der Waals surface area contributed by atoms with E-state index >= 15 is 0 Å². The minimum Gasteiger partial charge on any atom is -0.229 e. The first-order valence-electron chi connectivity index (χ1n) is 4.79. The molecule has 2 unspecified atom stereocenters. The Balaban J connectivity index is 2.62. The van der Waals surface area contributed by atoms with E-state index in [1.54, 1.807) is 0 Å². The first-order chi connectivity index (χ1) is 5.58. The van der Waals surface area contributed by atoms with Gasteiger partial charge in [0.05, 0.1) is 11.0 Å². The zero-order valence-corrected chi connectivity index (χ0v) is 8.73. The zero-order valence-electron chi connectivity index (χ0n) is 7.91. The van der Waals surface area contributed by atoms with E-state index in [0.717, 1.165) is 25.7 Å². The number of sulfone groups is 1. The molecule has 0 N–H and O–H groups in total. The van der Waals surface area contributed by atoms with Gasteiger partial charge in [0.15, 0.2) is 9.84 Å². The molecule has 1 heterocycles. The fourth-order valence-electron chi connectivity index (χ4n) is 2.10. The van der Waals surface area contributed by atoms with Gasteiger partial charge in [-0.2, -0.15) is 0 Å². The summed E-state index contributed by atoms with van der Waals surface area (Å²) in [5.41, 5.74) is 0. The Hall–Kier alpha value is -0.0500. The highest BCUT2D eigenvalue weighted by molar-refractivity contribution is 7.92. The highest BCUT2D eigenvalue weighted by atomic mass is 32.2. The maximum absolute atomic E-state index is 11.5. The molecule has 0 amide bonds. The number of rotatable bonds is 3. The van der Waals surface area contributed by atoms with Crippen LogP contribution < -0.4 is 0 Å². The van der Waals surface area contributed by atoms with E-state index in [1.807, 2.05) is 0 Å². The van der Waals surface area contributed by atoms with E-state index in [9.17, 15) is 8.42 Å². The lowest BCUT2D eigenvalue weighted by atomic mass is 9.99. The van der Waals surface area contributed by atoms with Crippen LogP contribution in [-0.2, 0) is 9.84 Å². The summed E-state index contributed by atoms with van der Waals surface area (Å²) >= 11 is 0. The average molecular weight is 190 g/mol. The molecule has 1 aliphatic heterocycles. The van der Waals surface area contributed by atoms with Gasteiger partial charge in [-0.25, -0.2) is 8.42 Å². The SMILES string of the molecule is CCCC(C)C1CCCS1(=O)=O. The summed E-state index contributed by atoms with van der Waals surface area (Å²) in [5.74, 6) is 0.786. The molecule has 1 saturated heterocycles. The molecular weight excluding hydrogens is 172 g/mol. The number of hydrogen-bond acceptors (Lipinski definition) is 2. The molecule has 0 aromatic carbocycles. The molecule has 12 heavy (non-hydrogen) atoms. The van der Waals surface area contributed by atoms with E-state index < -0.39 is 9.84 Å². The third-order valence-corrected chi connectivity index (χ3v) is 5.24. The van der Waals surface area contributed by atoms with Gasteiger partial charge >= 0.3 is 0 Å². The Morgan fingerprint density at radius 3 is 2.58 bits per heavy atom. The van der Waals surface area contributed by atoms with Crippen LogP contribution in [0, 0.1) is 5.92 Å². The summed E-state index contributed by atoms with van der Waals surface area (Å²) in [5, 5.41) is -0.0301. The van der Waals surface area contributed by atoms with Crippen LogP contribution in [0.5, 0.6) is 0 Å². The van der Waals surface area contributed by atoms with Gasteiger partial charge in [-0.15, -0.1) is 0 Å². The smallest absolute Gasteiger partial charge is 0.153 e. The van der Waals surface area contributed by atoms with Crippen molar-refractivity contribution in [1.29, 1.82) is 0 Å². The van der Waals surface area contributed by atoms with Crippen molar-refractivity contribution >= 4 is 9.84 Å². The van der Waals surface area contributed by atoms with Gasteiger partial charge in [0.2, 0.25) is 0 Å². The highest BCUT2D eigenvalue weighted by Crippen LogP contribution is 2.28. The molecule has 0 saturated carbocycles. The lowest BCUT2D eigenvalue weighted by molar-refractivity contribution is 0.471. The van der Waals surface area contributed by atoms with Gasteiger partial charge in [0.25, 0.3) is 0 Å². The van der Waals surface area contributed by atoms with Crippen LogP contribution in [-0.4, -0.2) is 19.4 Å². The summed E-state index contributed by atoms with van der Waals surface area (Å²) in [6, 6.07) is 0. The van der Waals surface area contributed by atoms with Crippen molar-refractivity contribution in [3.8, 4) is 0 Å². The monoisotopic (exact) mass is 190 g/mol. The molecule has 3 heteroatoms. The highest BCUT2D eigenvalue weighted by Gasteiger charge is 2.34. The Morgan fingerprint density at radius 1 is 1.50 bits per heavy atom. The van der Waals surface area contributed by atoms with Gasteiger partial charge in [0, 0.05) is 0 Å². The fraction of sp³-hybridized carbons (Fsp3) is 1.00. The molecule has 1 rings (SSSR count). The van der Waals surface area contributed by atoms with Crippen LogP contribution in [0.25, 0.3) is 0 Å². The lowest BCUT2D eigenvalue weighted by Crippen LogP contribution is -2.23. The molecule has 0 radical (unpaired) electrons. The van der Waals surface area contributed by atoms with Crippen LogP contribution in [0.15, 0.2) is 0 Å². The topological polar surface area (TPSA) is 34.1 Å². The van der Waals surface area contributed by atoms with Gasteiger partial charge < -0.3 is 0 Å². The molecule has 2 nitrogen and oxygen atoms in total. The average Bonchev–Trinajstić information content (AvgIpc) is 2.30. The summed E-state index contributed by atoms with van der Waals surface area (Å²) in [6.45, 7) is 4.18. The maximum Gasteiger partial charge on any atom is 0.153 e. The van der Waals surface area contributed by atoms with Crippen molar-refractivity contribution < 1.29 is 8.42 Å². The van der Waals surface area contributed by atoms with Crippen molar-refractivity contribution in [1.82, 2.24) is 0 Å². The lowest BCUT2D eigenvalue weighted by Gasteiger charge is -2.16. The Kier molecular flexibility index (Phi) is 3.16. The van der Waals surface area contributed by atoms with E-state index in [-0.39, 0.29) is 5.25 Å². The maximum atomic E-state index is 11.5. The second-order valence-electron chi connectivity index (χ2n) is 3.81. The summed E-state index contributed by atoms with van der Waals surface area (Å²) in [4.78, 5) is 0. The van der Waals surface area contributed by atoms with E-state index in [4.69, 9.17) is 0 Å². The third-order valence-electron chi connectivity index (χ3n) is 2.76. The van der Waals surface area contributed by atoms with Crippen molar-refractivity contribution in [2.75, 3.05) is 5.75 Å². The minimum atomic E-state index is -2.71. The largest absolute Gasteiger partial charge is 0.229 e. The molecule has 0 bridgehead atoms.